The number of nitrogens with zero attached hydrogens (tertiary/aromatic N) is 2. The van der Waals surface area contributed by atoms with Crippen LogP contribution in [0.1, 0.15) is 19.3 Å². The predicted molar refractivity (Wildman–Crippen MR) is 86.0 cm³/mol. The van der Waals surface area contributed by atoms with E-state index in [1.165, 1.54) is 23.5 Å². The zero-order chi connectivity index (χ0) is 15.9. The lowest BCUT2D eigenvalue weighted by molar-refractivity contribution is 0.165. The van der Waals surface area contributed by atoms with Crippen molar-refractivity contribution in [3.8, 4) is 0 Å². The Bertz CT molecular complexity index is 504. The molecule has 5 nitrogen and oxygen atoms in total. The van der Waals surface area contributed by atoms with Crippen molar-refractivity contribution in [3.05, 3.63) is 24.0 Å². The summed E-state index contributed by atoms with van der Waals surface area (Å²) in [5, 5.41) is 2.81. The maximum absolute atomic E-state index is 13.6. The highest BCUT2D eigenvalue weighted by Crippen LogP contribution is 2.29. The number of benzene rings is 1. The number of halogens is 1. The topological polar surface area (TPSA) is 44.8 Å². The molecule has 0 unspecified atom stereocenters. The molecule has 1 aromatic carbocycles. The van der Waals surface area contributed by atoms with E-state index in [1.807, 2.05) is 0 Å². The Kier molecular flexibility index (Phi) is 6.00. The number of amides is 2. The average Bonchev–Trinajstić information content (AvgIpc) is 2.53. The highest BCUT2D eigenvalue weighted by molar-refractivity contribution is 5.93. The van der Waals surface area contributed by atoms with Crippen LogP contribution in [0, 0.1) is 5.82 Å². The third-order valence-electron chi connectivity index (χ3n) is 3.87. The number of urea groups is 1. The second-order valence-corrected chi connectivity index (χ2v) is 5.55. The molecule has 22 heavy (non-hydrogen) atoms. The van der Waals surface area contributed by atoms with Crippen molar-refractivity contribution in [1.29, 1.82) is 0 Å². The van der Waals surface area contributed by atoms with Gasteiger partial charge in [0.15, 0.2) is 0 Å². The summed E-state index contributed by atoms with van der Waals surface area (Å²) in [6, 6.07) is 4.30. The molecule has 0 aromatic heterocycles. The standard InChI is InChI=1S/C16H24FN3O2/c1-19(10-11-22-2)16(21)18-14-12-13(17)6-7-15(14)20-8-4-3-5-9-20/h6-7,12H,3-5,8-11H2,1-2H3,(H,18,21). The first-order valence-electron chi connectivity index (χ1n) is 7.67. The van der Waals surface area contributed by atoms with Crippen molar-refractivity contribution in [3.63, 3.8) is 0 Å². The fraction of sp³-hybridized carbons (Fsp3) is 0.562. The number of methoxy groups -OCH3 is 1. The van der Waals surface area contributed by atoms with E-state index in [-0.39, 0.29) is 11.8 Å². The van der Waals surface area contributed by atoms with Crippen LogP contribution in [0.25, 0.3) is 0 Å². The number of hydrogen-bond acceptors (Lipinski definition) is 3. The number of ether oxygens (including phenoxy) is 1. The number of carbonyl (C=O) groups excluding carboxylic acids is 1. The van der Waals surface area contributed by atoms with Crippen molar-refractivity contribution >= 4 is 17.4 Å². The molecular weight excluding hydrogens is 285 g/mol. The van der Waals surface area contributed by atoms with Crippen LogP contribution in [0.3, 0.4) is 0 Å². The minimum Gasteiger partial charge on any atom is -0.383 e. The third-order valence-corrected chi connectivity index (χ3v) is 3.87. The van der Waals surface area contributed by atoms with Crippen LogP contribution in [-0.2, 0) is 4.74 Å². The van der Waals surface area contributed by atoms with Gasteiger partial charge in [-0.3, -0.25) is 0 Å². The summed E-state index contributed by atoms with van der Waals surface area (Å²) in [6.45, 7) is 2.82. The van der Waals surface area contributed by atoms with E-state index in [2.05, 4.69) is 10.2 Å². The van der Waals surface area contributed by atoms with E-state index >= 15 is 0 Å². The second kappa shape index (κ2) is 7.98. The fourth-order valence-electron chi connectivity index (χ4n) is 2.56. The molecule has 122 valence electrons. The van der Waals surface area contributed by atoms with Gasteiger partial charge in [-0.15, -0.1) is 0 Å². The van der Waals surface area contributed by atoms with Crippen molar-refractivity contribution in [1.82, 2.24) is 4.90 Å². The first-order valence-corrected chi connectivity index (χ1v) is 7.67. The number of hydrogen-bond donors (Lipinski definition) is 1. The van der Waals surface area contributed by atoms with Gasteiger partial charge in [0.25, 0.3) is 0 Å². The van der Waals surface area contributed by atoms with Gasteiger partial charge in [-0.25, -0.2) is 9.18 Å². The van der Waals surface area contributed by atoms with Gasteiger partial charge in [0.1, 0.15) is 5.82 Å². The van der Waals surface area contributed by atoms with Crippen molar-refractivity contribution < 1.29 is 13.9 Å². The largest absolute Gasteiger partial charge is 0.383 e. The van der Waals surface area contributed by atoms with E-state index in [1.54, 1.807) is 20.2 Å². The smallest absolute Gasteiger partial charge is 0.321 e. The van der Waals surface area contributed by atoms with Crippen molar-refractivity contribution in [2.75, 3.05) is 50.6 Å². The summed E-state index contributed by atoms with van der Waals surface area (Å²) in [7, 11) is 3.28. The Morgan fingerprint density at radius 3 is 2.77 bits per heavy atom. The molecule has 1 aliphatic heterocycles. The van der Waals surface area contributed by atoms with Crippen LogP contribution in [-0.4, -0.2) is 51.3 Å². The maximum Gasteiger partial charge on any atom is 0.321 e. The zero-order valence-electron chi connectivity index (χ0n) is 13.3. The lowest BCUT2D eigenvalue weighted by Crippen LogP contribution is -2.35. The van der Waals surface area contributed by atoms with Crippen LogP contribution in [0.15, 0.2) is 18.2 Å². The molecule has 6 heteroatoms. The van der Waals surface area contributed by atoms with Crippen LogP contribution in [0.4, 0.5) is 20.6 Å². The maximum atomic E-state index is 13.6. The van der Waals surface area contributed by atoms with E-state index in [0.29, 0.717) is 18.8 Å². The normalized spacial score (nSPS) is 14.8. The molecule has 1 saturated heterocycles. The minimum atomic E-state index is -0.351. The highest BCUT2D eigenvalue weighted by atomic mass is 19.1. The number of likely N-dealkylation sites (N-methyl/N-ethyl adjacent to an activating group) is 1. The van der Waals surface area contributed by atoms with Gasteiger partial charge >= 0.3 is 6.03 Å². The zero-order valence-corrected chi connectivity index (χ0v) is 13.3. The molecule has 0 atom stereocenters. The van der Waals surface area contributed by atoms with Gasteiger partial charge in [0.2, 0.25) is 0 Å². The number of anilines is 2. The summed E-state index contributed by atoms with van der Waals surface area (Å²) < 4.78 is 18.5. The van der Waals surface area contributed by atoms with Crippen LogP contribution in [0.5, 0.6) is 0 Å². The number of carbonyl (C=O) groups is 1. The molecule has 0 spiro atoms. The number of piperidine rings is 1. The number of nitrogens with one attached hydrogen (secondary N) is 1. The van der Waals surface area contributed by atoms with Gasteiger partial charge < -0.3 is 19.9 Å². The first kappa shape index (κ1) is 16.5. The van der Waals surface area contributed by atoms with Gasteiger partial charge in [-0.2, -0.15) is 0 Å². The summed E-state index contributed by atoms with van der Waals surface area (Å²) in [4.78, 5) is 15.9. The molecule has 1 N–H and O–H groups in total. The molecule has 1 fully saturated rings. The SMILES string of the molecule is COCCN(C)C(=O)Nc1cc(F)ccc1N1CCCCC1. The number of rotatable bonds is 5. The molecule has 0 saturated carbocycles. The second-order valence-electron chi connectivity index (χ2n) is 5.55. The Labute approximate surface area is 131 Å². The Morgan fingerprint density at radius 2 is 2.09 bits per heavy atom. The average molecular weight is 309 g/mol. The molecule has 1 heterocycles. The Balaban J connectivity index is 2.11. The predicted octanol–water partition coefficient (Wildman–Crippen LogP) is 2.93. The summed E-state index contributed by atoms with van der Waals surface area (Å²) in [5.41, 5.74) is 1.41. The molecule has 0 bridgehead atoms. The van der Waals surface area contributed by atoms with Gasteiger partial charge in [0, 0.05) is 33.8 Å². The van der Waals surface area contributed by atoms with Crippen LogP contribution in [0.2, 0.25) is 0 Å². The lowest BCUT2D eigenvalue weighted by atomic mass is 10.1. The lowest BCUT2D eigenvalue weighted by Gasteiger charge is -2.31. The van der Waals surface area contributed by atoms with Gasteiger partial charge in [-0.05, 0) is 37.5 Å². The van der Waals surface area contributed by atoms with Crippen LogP contribution < -0.4 is 10.2 Å². The summed E-state index contributed by atoms with van der Waals surface area (Å²) in [5.74, 6) is -0.351. The van der Waals surface area contributed by atoms with Crippen molar-refractivity contribution in [2.24, 2.45) is 0 Å². The van der Waals surface area contributed by atoms with E-state index < -0.39 is 0 Å². The molecular formula is C16H24FN3O2. The molecule has 2 rings (SSSR count). The highest BCUT2D eigenvalue weighted by Gasteiger charge is 2.17. The Hall–Kier alpha value is -1.82. The summed E-state index contributed by atoms with van der Waals surface area (Å²) >= 11 is 0. The van der Waals surface area contributed by atoms with Gasteiger partial charge in [-0.1, -0.05) is 0 Å². The van der Waals surface area contributed by atoms with Crippen LogP contribution >= 0.6 is 0 Å². The van der Waals surface area contributed by atoms with Crippen molar-refractivity contribution in [2.45, 2.75) is 19.3 Å². The fourth-order valence-corrected chi connectivity index (χ4v) is 2.56. The van der Waals surface area contributed by atoms with E-state index in [9.17, 15) is 9.18 Å². The molecule has 0 aliphatic carbocycles. The Morgan fingerprint density at radius 1 is 1.36 bits per heavy atom. The third kappa shape index (κ3) is 4.34. The monoisotopic (exact) mass is 309 g/mol. The van der Waals surface area contributed by atoms with Gasteiger partial charge in [0.05, 0.1) is 18.0 Å². The molecule has 0 radical (unpaired) electrons. The first-order chi connectivity index (χ1) is 10.6. The van der Waals surface area contributed by atoms with E-state index in [4.69, 9.17) is 4.74 Å². The summed E-state index contributed by atoms with van der Waals surface area (Å²) in [6.07, 6.45) is 3.47. The minimum absolute atomic E-state index is 0.263. The quantitative estimate of drug-likeness (QED) is 0.909. The van der Waals surface area contributed by atoms with E-state index in [0.717, 1.165) is 31.6 Å². The molecule has 1 aromatic rings. The molecule has 2 amide bonds. The molecule has 1 aliphatic rings.